The van der Waals surface area contributed by atoms with Crippen LogP contribution in [0.15, 0.2) is 78.9 Å². The summed E-state index contributed by atoms with van der Waals surface area (Å²) in [5.74, 6) is -3.22. The molecule has 0 radical (unpaired) electrons. The highest BCUT2D eigenvalue weighted by Gasteiger charge is 2.60. The number of carbonyl (C=O) groups excluding carboxylic acids is 3. The number of rotatable bonds is 2. The number of hydrogen-bond donors (Lipinski definition) is 0. The van der Waals surface area contributed by atoms with Gasteiger partial charge in [-0.05, 0) is 48.7 Å². The summed E-state index contributed by atoms with van der Waals surface area (Å²) in [6.07, 6.45) is 2.01. The topological polar surface area (TPSA) is 63.7 Å². The number of esters is 1. The largest absolute Gasteiger partial charge is 0.425 e. The van der Waals surface area contributed by atoms with E-state index in [0.717, 1.165) is 27.8 Å². The summed E-state index contributed by atoms with van der Waals surface area (Å²) in [7, 11) is 0. The molecule has 0 spiro atoms. The molecule has 6 rings (SSSR count). The van der Waals surface area contributed by atoms with E-state index in [1.165, 1.54) is 4.90 Å². The number of benzene rings is 3. The van der Waals surface area contributed by atoms with Gasteiger partial charge in [-0.15, -0.1) is 0 Å². The fraction of sp³-hybridized carbons (Fsp3) is 0.207. The molecule has 5 heteroatoms. The molecule has 5 nitrogen and oxygen atoms in total. The number of nitrogens with zero attached hydrogens (tertiary/aromatic N) is 1. The van der Waals surface area contributed by atoms with Crippen LogP contribution in [0, 0.1) is 31.6 Å². The van der Waals surface area contributed by atoms with E-state index in [1.807, 2.05) is 80.6 Å². The molecule has 0 N–H and O–H groups in total. The summed E-state index contributed by atoms with van der Waals surface area (Å²) in [6, 6.07) is 22.8. The van der Waals surface area contributed by atoms with Gasteiger partial charge in [-0.1, -0.05) is 66.2 Å². The predicted octanol–water partition coefficient (Wildman–Crippen LogP) is 4.83. The molecule has 2 amide bonds. The Balaban J connectivity index is 1.55. The second-order valence-electron chi connectivity index (χ2n) is 9.36. The number of amides is 2. The van der Waals surface area contributed by atoms with Gasteiger partial charge >= 0.3 is 5.97 Å². The highest BCUT2D eigenvalue weighted by atomic mass is 16.5. The van der Waals surface area contributed by atoms with E-state index in [0.29, 0.717) is 11.4 Å². The molecule has 1 aliphatic carbocycles. The van der Waals surface area contributed by atoms with Gasteiger partial charge in [0, 0.05) is 11.5 Å². The van der Waals surface area contributed by atoms with Crippen LogP contribution < -0.4 is 9.64 Å². The van der Waals surface area contributed by atoms with Crippen molar-refractivity contribution in [2.45, 2.75) is 19.8 Å². The van der Waals surface area contributed by atoms with Gasteiger partial charge in [0.1, 0.15) is 5.75 Å². The Hall–Kier alpha value is -3.99. The third-order valence-electron chi connectivity index (χ3n) is 7.23. The average molecular weight is 450 g/mol. The van der Waals surface area contributed by atoms with Crippen molar-refractivity contribution in [3.05, 3.63) is 101 Å². The quantitative estimate of drug-likeness (QED) is 0.320. The van der Waals surface area contributed by atoms with E-state index in [9.17, 15) is 14.4 Å². The fourth-order valence-electron chi connectivity index (χ4n) is 5.62. The Morgan fingerprint density at radius 2 is 1.44 bits per heavy atom. The first kappa shape index (κ1) is 20.6. The Morgan fingerprint density at radius 3 is 2.18 bits per heavy atom. The molecular weight excluding hydrogens is 426 g/mol. The monoisotopic (exact) mass is 449 g/mol. The first-order valence-corrected chi connectivity index (χ1v) is 11.5. The van der Waals surface area contributed by atoms with Gasteiger partial charge < -0.3 is 4.74 Å². The maximum atomic E-state index is 13.8. The van der Waals surface area contributed by atoms with E-state index in [2.05, 4.69) is 0 Å². The molecule has 3 aliphatic rings. The molecule has 1 fully saturated rings. The van der Waals surface area contributed by atoms with Crippen molar-refractivity contribution in [2.75, 3.05) is 4.90 Å². The number of anilines is 1. The smallest absolute Gasteiger partial charge is 0.319 e. The molecule has 4 atom stereocenters. The van der Waals surface area contributed by atoms with Crippen molar-refractivity contribution < 1.29 is 19.1 Å². The molecule has 2 aliphatic heterocycles. The number of aryl methyl sites for hydroxylation is 2. The SMILES string of the molecule is Cc1ccc(N2C(=O)[C@@H]3[C@@H]4C(=O)Oc5cc(C)ccc5C4=C[C@H](c4ccccc4)[C@@H]3C2=O)cc1. The van der Waals surface area contributed by atoms with Crippen molar-refractivity contribution >= 4 is 29.0 Å². The Morgan fingerprint density at radius 1 is 0.765 bits per heavy atom. The Labute approximate surface area is 197 Å². The maximum Gasteiger partial charge on any atom is 0.319 e. The number of ether oxygens (including phenoxy) is 1. The molecule has 2 heterocycles. The lowest BCUT2D eigenvalue weighted by molar-refractivity contribution is -0.142. The lowest BCUT2D eigenvalue weighted by Gasteiger charge is -2.38. The number of hydrogen-bond acceptors (Lipinski definition) is 4. The normalized spacial score (nSPS) is 25.3. The minimum atomic E-state index is -0.819. The molecule has 3 aromatic carbocycles. The average Bonchev–Trinajstić information content (AvgIpc) is 3.10. The van der Waals surface area contributed by atoms with Gasteiger partial charge in [0.15, 0.2) is 0 Å². The number of fused-ring (bicyclic) bond motifs is 5. The van der Waals surface area contributed by atoms with Gasteiger partial charge in [0.05, 0.1) is 23.4 Å². The van der Waals surface area contributed by atoms with Crippen molar-refractivity contribution in [3.63, 3.8) is 0 Å². The molecule has 34 heavy (non-hydrogen) atoms. The van der Waals surface area contributed by atoms with Gasteiger partial charge in [0.2, 0.25) is 11.8 Å². The number of carbonyl (C=O) groups is 3. The fourth-order valence-corrected chi connectivity index (χ4v) is 5.62. The van der Waals surface area contributed by atoms with Gasteiger partial charge in [-0.25, -0.2) is 4.90 Å². The zero-order valence-corrected chi connectivity index (χ0v) is 18.9. The number of imide groups is 1. The van der Waals surface area contributed by atoms with Crippen LogP contribution >= 0.6 is 0 Å². The van der Waals surface area contributed by atoms with E-state index in [-0.39, 0.29) is 17.7 Å². The summed E-state index contributed by atoms with van der Waals surface area (Å²) < 4.78 is 5.71. The zero-order chi connectivity index (χ0) is 23.6. The molecule has 168 valence electrons. The van der Waals surface area contributed by atoms with Crippen molar-refractivity contribution in [3.8, 4) is 5.75 Å². The van der Waals surface area contributed by atoms with Crippen LogP contribution in [-0.4, -0.2) is 17.8 Å². The van der Waals surface area contributed by atoms with Gasteiger partial charge in [-0.2, -0.15) is 0 Å². The van der Waals surface area contributed by atoms with Crippen LogP contribution in [-0.2, 0) is 14.4 Å². The summed E-state index contributed by atoms with van der Waals surface area (Å²) >= 11 is 0. The molecule has 0 bridgehead atoms. The predicted molar refractivity (Wildman–Crippen MR) is 128 cm³/mol. The molecule has 1 saturated heterocycles. The molecule has 0 saturated carbocycles. The standard InChI is InChI=1S/C29H23NO4/c1-16-8-11-19(12-9-16)30-27(31)24-21(18-6-4-3-5-7-18)15-22-20-13-10-17(2)14-23(20)34-29(33)25(22)26(24)28(30)32/h3-15,21,24-26H,1-2H3/t21-,24+,25-,26+/m1/s1. The summed E-state index contributed by atoms with van der Waals surface area (Å²) in [5, 5.41) is 0. The van der Waals surface area contributed by atoms with Crippen molar-refractivity contribution in [1.29, 1.82) is 0 Å². The van der Waals surface area contributed by atoms with Crippen LogP contribution in [0.5, 0.6) is 5.75 Å². The molecule has 0 aromatic heterocycles. The molecular formula is C29H23NO4. The van der Waals surface area contributed by atoms with Crippen LogP contribution in [0.3, 0.4) is 0 Å². The van der Waals surface area contributed by atoms with Crippen LogP contribution in [0.25, 0.3) is 5.57 Å². The molecule has 3 aromatic rings. The third-order valence-corrected chi connectivity index (χ3v) is 7.23. The summed E-state index contributed by atoms with van der Waals surface area (Å²) in [4.78, 5) is 42.2. The zero-order valence-electron chi connectivity index (χ0n) is 18.9. The minimum absolute atomic E-state index is 0.273. The van der Waals surface area contributed by atoms with Crippen LogP contribution in [0.1, 0.15) is 28.2 Å². The Bertz CT molecular complexity index is 1370. The van der Waals surface area contributed by atoms with Gasteiger partial charge in [-0.3, -0.25) is 14.4 Å². The first-order chi connectivity index (χ1) is 16.4. The first-order valence-electron chi connectivity index (χ1n) is 11.5. The van der Waals surface area contributed by atoms with E-state index < -0.39 is 23.7 Å². The maximum absolute atomic E-state index is 13.8. The second kappa shape index (κ2) is 7.52. The number of allylic oxidation sites excluding steroid dienone is 1. The van der Waals surface area contributed by atoms with E-state index in [4.69, 9.17) is 4.74 Å². The lowest BCUT2D eigenvalue weighted by atomic mass is 9.64. The van der Waals surface area contributed by atoms with E-state index in [1.54, 1.807) is 12.1 Å². The van der Waals surface area contributed by atoms with Crippen molar-refractivity contribution in [2.24, 2.45) is 17.8 Å². The highest BCUT2D eigenvalue weighted by molar-refractivity contribution is 6.24. The summed E-state index contributed by atoms with van der Waals surface area (Å²) in [5.41, 5.74) is 5.08. The van der Waals surface area contributed by atoms with Crippen LogP contribution in [0.2, 0.25) is 0 Å². The highest BCUT2D eigenvalue weighted by Crippen LogP contribution is 2.54. The van der Waals surface area contributed by atoms with Crippen LogP contribution in [0.4, 0.5) is 5.69 Å². The third kappa shape index (κ3) is 2.97. The Kier molecular flexibility index (Phi) is 4.56. The second-order valence-corrected chi connectivity index (χ2v) is 9.36. The van der Waals surface area contributed by atoms with E-state index >= 15 is 0 Å². The molecule has 0 unspecified atom stereocenters. The summed E-state index contributed by atoms with van der Waals surface area (Å²) in [6.45, 7) is 3.90. The minimum Gasteiger partial charge on any atom is -0.425 e. The van der Waals surface area contributed by atoms with Crippen molar-refractivity contribution in [1.82, 2.24) is 0 Å². The lowest BCUT2D eigenvalue weighted by Crippen LogP contribution is -2.42. The van der Waals surface area contributed by atoms with Gasteiger partial charge in [0.25, 0.3) is 0 Å².